The van der Waals surface area contributed by atoms with Crippen LogP contribution in [-0.2, 0) is 23.9 Å². The van der Waals surface area contributed by atoms with Crippen molar-refractivity contribution in [2.24, 2.45) is 0 Å². The largest absolute Gasteiger partial charge is 0.484 e. The van der Waals surface area contributed by atoms with E-state index in [-0.39, 0.29) is 0 Å². The molecule has 1 saturated heterocycles. The standard InChI is InChI=1S/C25H25F3N2O4S/c1-16-23(29-15-33-16)22(12-17-2-6-19(7-3-17)25(26,27)28)34-20-8-4-18(5-9-20)13-30-10-11-35-14-21(30)24(31)32/h2-9,15,21-22H,10-14H2,1H3,(H,31,32). The second kappa shape index (κ2) is 10.7. The van der Waals surface area contributed by atoms with Crippen LogP contribution in [0.15, 0.2) is 59.3 Å². The predicted molar refractivity (Wildman–Crippen MR) is 125 cm³/mol. The third-order valence-electron chi connectivity index (χ3n) is 5.90. The van der Waals surface area contributed by atoms with Gasteiger partial charge >= 0.3 is 12.1 Å². The highest BCUT2D eigenvalue weighted by atomic mass is 32.2. The molecule has 2 unspecified atom stereocenters. The molecule has 1 aliphatic rings. The van der Waals surface area contributed by atoms with Crippen LogP contribution in [0.25, 0.3) is 0 Å². The van der Waals surface area contributed by atoms with Crippen molar-refractivity contribution >= 4 is 17.7 Å². The molecule has 0 saturated carbocycles. The van der Waals surface area contributed by atoms with E-state index >= 15 is 0 Å². The lowest BCUT2D eigenvalue weighted by atomic mass is 10.0. The molecule has 2 heterocycles. The highest BCUT2D eigenvalue weighted by molar-refractivity contribution is 7.99. The van der Waals surface area contributed by atoms with E-state index < -0.39 is 29.9 Å². The van der Waals surface area contributed by atoms with E-state index in [1.807, 2.05) is 17.0 Å². The number of aryl methyl sites for hydroxylation is 1. The van der Waals surface area contributed by atoms with Crippen molar-refractivity contribution in [1.29, 1.82) is 0 Å². The zero-order valence-corrected chi connectivity index (χ0v) is 19.8. The molecule has 3 aromatic rings. The smallest absolute Gasteiger partial charge is 0.416 e. The number of carboxylic acid groups (broad SMARTS) is 1. The Morgan fingerprint density at radius 2 is 1.89 bits per heavy atom. The molecule has 186 valence electrons. The minimum absolute atomic E-state index is 0.305. The van der Waals surface area contributed by atoms with E-state index in [4.69, 9.17) is 9.15 Å². The van der Waals surface area contributed by atoms with Gasteiger partial charge in [-0.3, -0.25) is 9.69 Å². The summed E-state index contributed by atoms with van der Waals surface area (Å²) < 4.78 is 50.2. The maximum atomic E-state index is 12.9. The van der Waals surface area contributed by atoms with Gasteiger partial charge in [0, 0.05) is 31.0 Å². The molecule has 35 heavy (non-hydrogen) atoms. The van der Waals surface area contributed by atoms with Crippen LogP contribution in [0.5, 0.6) is 5.75 Å². The summed E-state index contributed by atoms with van der Waals surface area (Å²) in [4.78, 5) is 17.8. The Kier molecular flexibility index (Phi) is 7.71. The van der Waals surface area contributed by atoms with Gasteiger partial charge in [-0.2, -0.15) is 24.9 Å². The number of hydrogen-bond acceptors (Lipinski definition) is 6. The van der Waals surface area contributed by atoms with Crippen LogP contribution in [0, 0.1) is 6.92 Å². The molecule has 0 aliphatic carbocycles. The van der Waals surface area contributed by atoms with E-state index in [1.165, 1.54) is 18.5 Å². The fraction of sp³-hybridized carbons (Fsp3) is 0.360. The molecule has 6 nitrogen and oxygen atoms in total. The fourth-order valence-electron chi connectivity index (χ4n) is 3.99. The van der Waals surface area contributed by atoms with E-state index in [0.29, 0.717) is 48.0 Å². The first kappa shape index (κ1) is 25.1. The number of thioether (sulfide) groups is 1. The average Bonchev–Trinajstić information content (AvgIpc) is 3.25. The van der Waals surface area contributed by atoms with E-state index in [1.54, 1.807) is 30.8 Å². The van der Waals surface area contributed by atoms with Gasteiger partial charge in [0.2, 0.25) is 0 Å². The summed E-state index contributed by atoms with van der Waals surface area (Å²) in [6, 6.07) is 11.9. The number of aromatic nitrogens is 1. The van der Waals surface area contributed by atoms with Crippen molar-refractivity contribution in [1.82, 2.24) is 9.88 Å². The summed E-state index contributed by atoms with van der Waals surface area (Å²) in [6.07, 6.45) is -3.34. The number of nitrogens with zero attached hydrogens (tertiary/aromatic N) is 2. The molecular weight excluding hydrogens is 481 g/mol. The summed E-state index contributed by atoms with van der Waals surface area (Å²) >= 11 is 1.65. The molecule has 1 aromatic heterocycles. The van der Waals surface area contributed by atoms with Gasteiger partial charge in [0.1, 0.15) is 29.3 Å². The number of carboxylic acids is 1. The maximum Gasteiger partial charge on any atom is 0.416 e. The Hall–Kier alpha value is -2.98. The first-order valence-corrected chi connectivity index (χ1v) is 12.2. The lowest BCUT2D eigenvalue weighted by molar-refractivity contribution is -0.142. The fourth-order valence-corrected chi connectivity index (χ4v) is 5.10. The number of rotatable bonds is 8. The Labute approximate surface area is 205 Å². The van der Waals surface area contributed by atoms with E-state index in [2.05, 4.69) is 4.98 Å². The van der Waals surface area contributed by atoms with Crippen LogP contribution in [0.2, 0.25) is 0 Å². The van der Waals surface area contributed by atoms with Crippen LogP contribution >= 0.6 is 11.8 Å². The van der Waals surface area contributed by atoms with Crippen LogP contribution in [0.4, 0.5) is 13.2 Å². The van der Waals surface area contributed by atoms with E-state index in [9.17, 15) is 23.1 Å². The van der Waals surface area contributed by atoms with Crippen molar-refractivity contribution in [3.8, 4) is 5.75 Å². The Morgan fingerprint density at radius 1 is 1.20 bits per heavy atom. The summed E-state index contributed by atoms with van der Waals surface area (Å²) in [7, 11) is 0. The number of benzene rings is 2. The lowest BCUT2D eigenvalue weighted by Gasteiger charge is -2.32. The highest BCUT2D eigenvalue weighted by Gasteiger charge is 2.31. The summed E-state index contributed by atoms with van der Waals surface area (Å²) in [5.41, 5.74) is 1.51. The van der Waals surface area contributed by atoms with Crippen molar-refractivity contribution < 1.29 is 32.2 Å². The minimum atomic E-state index is -4.39. The second-order valence-corrected chi connectivity index (χ2v) is 9.49. The molecule has 2 atom stereocenters. The average molecular weight is 507 g/mol. The van der Waals surface area contributed by atoms with Crippen LogP contribution in [0.3, 0.4) is 0 Å². The van der Waals surface area contributed by atoms with Crippen molar-refractivity contribution in [3.63, 3.8) is 0 Å². The summed E-state index contributed by atoms with van der Waals surface area (Å²) in [6.45, 7) is 2.99. The highest BCUT2D eigenvalue weighted by Crippen LogP contribution is 2.31. The Bertz CT molecular complexity index is 1130. The third-order valence-corrected chi connectivity index (χ3v) is 6.92. The zero-order chi connectivity index (χ0) is 25.0. The molecule has 2 aromatic carbocycles. The molecule has 0 radical (unpaired) electrons. The van der Waals surface area contributed by atoms with Gasteiger partial charge in [-0.15, -0.1) is 0 Å². The number of alkyl halides is 3. The first-order valence-electron chi connectivity index (χ1n) is 11.1. The van der Waals surface area contributed by atoms with Gasteiger partial charge in [-0.05, 0) is 42.3 Å². The third kappa shape index (κ3) is 6.37. The predicted octanol–water partition coefficient (Wildman–Crippen LogP) is 5.37. The normalized spacial score (nSPS) is 17.8. The number of hydrogen-bond donors (Lipinski definition) is 1. The van der Waals surface area contributed by atoms with Gasteiger partial charge in [-0.25, -0.2) is 4.98 Å². The lowest BCUT2D eigenvalue weighted by Crippen LogP contribution is -2.46. The van der Waals surface area contributed by atoms with Crippen LogP contribution < -0.4 is 4.74 Å². The quantitative estimate of drug-likeness (QED) is 0.440. The topological polar surface area (TPSA) is 75.8 Å². The molecular formula is C25H25F3N2O4S. The van der Waals surface area contributed by atoms with Gasteiger partial charge in [-0.1, -0.05) is 24.3 Å². The molecule has 0 amide bonds. The van der Waals surface area contributed by atoms with Crippen molar-refractivity contribution in [2.45, 2.75) is 38.2 Å². The monoisotopic (exact) mass is 506 g/mol. The van der Waals surface area contributed by atoms with E-state index in [0.717, 1.165) is 23.4 Å². The number of halogens is 3. The molecule has 4 rings (SSSR count). The maximum absolute atomic E-state index is 12.9. The molecule has 1 N–H and O–H groups in total. The van der Waals surface area contributed by atoms with Gasteiger partial charge < -0.3 is 14.3 Å². The molecule has 1 aliphatic heterocycles. The minimum Gasteiger partial charge on any atom is -0.484 e. The second-order valence-electron chi connectivity index (χ2n) is 8.34. The molecule has 0 spiro atoms. The number of ether oxygens (including phenoxy) is 1. The van der Waals surface area contributed by atoms with Gasteiger partial charge in [0.15, 0.2) is 6.39 Å². The molecule has 1 fully saturated rings. The van der Waals surface area contributed by atoms with Crippen molar-refractivity contribution in [3.05, 3.63) is 83.1 Å². The Morgan fingerprint density at radius 3 is 2.49 bits per heavy atom. The number of oxazole rings is 1. The van der Waals surface area contributed by atoms with Crippen LogP contribution in [-0.4, -0.2) is 45.1 Å². The van der Waals surface area contributed by atoms with Gasteiger partial charge in [0.25, 0.3) is 0 Å². The summed E-state index contributed by atoms with van der Waals surface area (Å²) in [5.74, 6) is 1.79. The number of carbonyl (C=O) groups is 1. The zero-order valence-electron chi connectivity index (χ0n) is 19.0. The van der Waals surface area contributed by atoms with Gasteiger partial charge in [0.05, 0.1) is 5.56 Å². The Balaban J connectivity index is 1.47. The SMILES string of the molecule is Cc1ocnc1C(Cc1ccc(C(F)(F)F)cc1)Oc1ccc(CN2CCSCC2C(=O)O)cc1. The van der Waals surface area contributed by atoms with Crippen molar-refractivity contribution in [2.75, 3.05) is 18.1 Å². The summed E-state index contributed by atoms with van der Waals surface area (Å²) in [5, 5.41) is 9.47. The first-order chi connectivity index (χ1) is 16.7. The molecule has 0 bridgehead atoms. The number of aliphatic carboxylic acids is 1. The molecule has 10 heteroatoms. The van der Waals surface area contributed by atoms with Crippen LogP contribution in [0.1, 0.15) is 34.2 Å².